The van der Waals surface area contributed by atoms with Gasteiger partial charge in [-0.1, -0.05) is 6.07 Å². The van der Waals surface area contributed by atoms with Crippen LogP contribution < -0.4 is 14.8 Å². The van der Waals surface area contributed by atoms with Crippen molar-refractivity contribution in [2.24, 2.45) is 0 Å². The van der Waals surface area contributed by atoms with Crippen molar-refractivity contribution in [3.05, 3.63) is 23.8 Å². The molecule has 0 amide bonds. The minimum atomic E-state index is 0.152. The van der Waals surface area contributed by atoms with Gasteiger partial charge in [-0.2, -0.15) is 0 Å². The van der Waals surface area contributed by atoms with Gasteiger partial charge in [-0.05, 0) is 44.9 Å². The Hall–Kier alpha value is -1.26. The Kier molecular flexibility index (Phi) is 5.26. The Morgan fingerprint density at radius 3 is 2.60 bits per heavy atom. The number of benzene rings is 1. The summed E-state index contributed by atoms with van der Waals surface area (Å²) in [7, 11) is 0. The molecule has 0 aliphatic carbocycles. The van der Waals surface area contributed by atoms with Gasteiger partial charge in [0.2, 0.25) is 0 Å². The molecule has 0 spiro atoms. The summed E-state index contributed by atoms with van der Waals surface area (Å²) < 4.78 is 16.7. The van der Waals surface area contributed by atoms with Crippen LogP contribution in [0.1, 0.15) is 26.3 Å². The second kappa shape index (κ2) is 6.95. The lowest BCUT2D eigenvalue weighted by Gasteiger charge is -2.20. The van der Waals surface area contributed by atoms with Crippen molar-refractivity contribution in [1.82, 2.24) is 5.32 Å². The zero-order chi connectivity index (χ0) is 14.4. The van der Waals surface area contributed by atoms with Crippen molar-refractivity contribution in [2.75, 3.05) is 33.0 Å². The SMILES string of the molecule is CC(C)(C)NCCOCCc1ccc2c(c1)OCCO2. The molecule has 4 heteroatoms. The lowest BCUT2D eigenvalue weighted by atomic mass is 10.1. The van der Waals surface area contributed by atoms with E-state index in [9.17, 15) is 0 Å². The summed E-state index contributed by atoms with van der Waals surface area (Å²) in [5, 5.41) is 3.40. The predicted molar refractivity (Wildman–Crippen MR) is 79.7 cm³/mol. The molecule has 1 aliphatic heterocycles. The van der Waals surface area contributed by atoms with Crippen LogP contribution in [-0.4, -0.2) is 38.5 Å². The lowest BCUT2D eigenvalue weighted by Crippen LogP contribution is -2.38. The number of ether oxygens (including phenoxy) is 3. The largest absolute Gasteiger partial charge is 0.486 e. The Balaban J connectivity index is 1.67. The molecule has 0 unspecified atom stereocenters. The van der Waals surface area contributed by atoms with E-state index < -0.39 is 0 Å². The predicted octanol–water partition coefficient (Wildman–Crippen LogP) is 2.41. The van der Waals surface area contributed by atoms with E-state index in [-0.39, 0.29) is 5.54 Å². The summed E-state index contributed by atoms with van der Waals surface area (Å²) in [5.74, 6) is 1.69. The molecular formula is C16H25NO3. The summed E-state index contributed by atoms with van der Waals surface area (Å²) >= 11 is 0. The van der Waals surface area contributed by atoms with E-state index in [1.165, 1.54) is 5.56 Å². The molecule has 1 heterocycles. The van der Waals surface area contributed by atoms with E-state index in [1.807, 2.05) is 12.1 Å². The number of nitrogens with one attached hydrogen (secondary N) is 1. The Labute approximate surface area is 121 Å². The molecule has 0 saturated heterocycles. The van der Waals surface area contributed by atoms with Crippen molar-refractivity contribution >= 4 is 0 Å². The van der Waals surface area contributed by atoms with E-state index in [0.29, 0.717) is 13.2 Å². The monoisotopic (exact) mass is 279 g/mol. The summed E-state index contributed by atoms with van der Waals surface area (Å²) in [4.78, 5) is 0. The number of hydrogen-bond donors (Lipinski definition) is 1. The van der Waals surface area contributed by atoms with Gasteiger partial charge in [0.15, 0.2) is 11.5 Å². The fraction of sp³-hybridized carbons (Fsp3) is 0.625. The third kappa shape index (κ3) is 5.02. The molecule has 0 fully saturated rings. The van der Waals surface area contributed by atoms with Crippen LogP contribution in [0.5, 0.6) is 11.5 Å². The zero-order valence-corrected chi connectivity index (χ0v) is 12.7. The first-order valence-corrected chi connectivity index (χ1v) is 7.26. The highest BCUT2D eigenvalue weighted by atomic mass is 16.6. The van der Waals surface area contributed by atoms with E-state index >= 15 is 0 Å². The third-order valence-electron chi connectivity index (χ3n) is 3.04. The second-order valence-corrected chi connectivity index (χ2v) is 6.02. The van der Waals surface area contributed by atoms with Crippen molar-refractivity contribution in [1.29, 1.82) is 0 Å². The number of rotatable bonds is 6. The summed E-state index contributed by atoms with van der Waals surface area (Å²) in [6.45, 7) is 10.1. The molecule has 0 aromatic heterocycles. The quantitative estimate of drug-likeness (QED) is 0.812. The maximum atomic E-state index is 5.64. The Morgan fingerprint density at radius 1 is 1.10 bits per heavy atom. The minimum absolute atomic E-state index is 0.152. The molecule has 0 atom stereocenters. The van der Waals surface area contributed by atoms with Crippen molar-refractivity contribution in [3.8, 4) is 11.5 Å². The van der Waals surface area contributed by atoms with Crippen LogP contribution in [0.4, 0.5) is 0 Å². The smallest absolute Gasteiger partial charge is 0.161 e. The highest BCUT2D eigenvalue weighted by Gasteiger charge is 2.11. The molecule has 112 valence electrons. The molecule has 1 aliphatic rings. The third-order valence-corrected chi connectivity index (χ3v) is 3.04. The normalized spacial score (nSPS) is 14.3. The van der Waals surface area contributed by atoms with Crippen LogP contribution in [0.15, 0.2) is 18.2 Å². The van der Waals surface area contributed by atoms with Crippen LogP contribution in [0.25, 0.3) is 0 Å². The van der Waals surface area contributed by atoms with E-state index in [1.54, 1.807) is 0 Å². The highest BCUT2D eigenvalue weighted by Crippen LogP contribution is 2.30. The first-order valence-electron chi connectivity index (χ1n) is 7.26. The molecular weight excluding hydrogens is 254 g/mol. The molecule has 0 saturated carbocycles. The first-order chi connectivity index (χ1) is 9.54. The zero-order valence-electron chi connectivity index (χ0n) is 12.7. The van der Waals surface area contributed by atoms with Gasteiger partial charge in [-0.25, -0.2) is 0 Å². The molecule has 1 aromatic carbocycles. The molecule has 1 aromatic rings. The average molecular weight is 279 g/mol. The summed E-state index contributed by atoms with van der Waals surface area (Å²) in [6, 6.07) is 6.10. The molecule has 20 heavy (non-hydrogen) atoms. The molecule has 0 bridgehead atoms. The van der Waals surface area contributed by atoms with Gasteiger partial charge in [0.25, 0.3) is 0 Å². The van der Waals surface area contributed by atoms with Gasteiger partial charge in [0.1, 0.15) is 13.2 Å². The molecule has 4 nitrogen and oxygen atoms in total. The van der Waals surface area contributed by atoms with Gasteiger partial charge in [0, 0.05) is 12.1 Å². The van der Waals surface area contributed by atoms with Crippen LogP contribution >= 0.6 is 0 Å². The number of fused-ring (bicyclic) bond motifs is 1. The van der Waals surface area contributed by atoms with Gasteiger partial charge < -0.3 is 19.5 Å². The molecule has 0 radical (unpaired) electrons. The molecule has 2 rings (SSSR count). The standard InChI is InChI=1S/C16H25NO3/c1-16(2,3)17-7-9-18-8-6-13-4-5-14-15(12-13)20-11-10-19-14/h4-5,12,17H,6-11H2,1-3H3. The van der Waals surface area contributed by atoms with Gasteiger partial charge >= 0.3 is 0 Å². The summed E-state index contributed by atoms with van der Waals surface area (Å²) in [5.41, 5.74) is 1.37. The van der Waals surface area contributed by atoms with Crippen LogP contribution in [-0.2, 0) is 11.2 Å². The topological polar surface area (TPSA) is 39.7 Å². The van der Waals surface area contributed by atoms with E-state index in [4.69, 9.17) is 14.2 Å². The maximum absolute atomic E-state index is 5.64. The second-order valence-electron chi connectivity index (χ2n) is 6.02. The van der Waals surface area contributed by atoms with E-state index in [0.717, 1.165) is 37.7 Å². The van der Waals surface area contributed by atoms with Gasteiger partial charge in [-0.15, -0.1) is 0 Å². The fourth-order valence-electron chi connectivity index (χ4n) is 2.03. The van der Waals surface area contributed by atoms with Crippen molar-refractivity contribution in [3.63, 3.8) is 0 Å². The van der Waals surface area contributed by atoms with Gasteiger partial charge in [-0.3, -0.25) is 0 Å². The fourth-order valence-corrected chi connectivity index (χ4v) is 2.03. The van der Waals surface area contributed by atoms with Crippen LogP contribution in [0.3, 0.4) is 0 Å². The van der Waals surface area contributed by atoms with Gasteiger partial charge in [0.05, 0.1) is 13.2 Å². The van der Waals surface area contributed by atoms with Crippen molar-refractivity contribution < 1.29 is 14.2 Å². The minimum Gasteiger partial charge on any atom is -0.486 e. The maximum Gasteiger partial charge on any atom is 0.161 e. The molecule has 1 N–H and O–H groups in total. The first kappa shape index (κ1) is 15.1. The highest BCUT2D eigenvalue weighted by molar-refractivity contribution is 5.43. The van der Waals surface area contributed by atoms with Crippen LogP contribution in [0, 0.1) is 0 Å². The lowest BCUT2D eigenvalue weighted by molar-refractivity contribution is 0.133. The Bertz CT molecular complexity index is 426. The summed E-state index contributed by atoms with van der Waals surface area (Å²) in [6.07, 6.45) is 0.895. The van der Waals surface area contributed by atoms with Crippen LogP contribution in [0.2, 0.25) is 0 Å². The van der Waals surface area contributed by atoms with Crippen molar-refractivity contribution in [2.45, 2.75) is 32.7 Å². The van der Waals surface area contributed by atoms with E-state index in [2.05, 4.69) is 32.2 Å². The average Bonchev–Trinajstić information content (AvgIpc) is 2.41. The Morgan fingerprint density at radius 2 is 1.85 bits per heavy atom. The number of hydrogen-bond acceptors (Lipinski definition) is 4.